The number of hydrogen-bond acceptors (Lipinski definition) is 2. The largest absolute Gasteiger partial charge is 2.00 e. The molecule has 3 aromatic rings. The zero-order valence-electron chi connectivity index (χ0n) is 21.3. The minimum Gasteiger partial charge on any atom is -0.287 e. The summed E-state index contributed by atoms with van der Waals surface area (Å²) in [5.74, 6) is 20.0. The Bertz CT molecular complexity index is 1370. The Kier molecular flexibility index (Phi) is 13.1. The Balaban J connectivity index is 0.000000630. The van der Waals surface area contributed by atoms with Gasteiger partial charge in [0.05, 0.1) is 5.92 Å². The van der Waals surface area contributed by atoms with E-state index in [9.17, 15) is 4.79 Å². The molecule has 2 saturated carbocycles. The predicted molar refractivity (Wildman–Crippen MR) is 157 cm³/mol. The van der Waals surface area contributed by atoms with Crippen LogP contribution in [0.15, 0.2) is 77.7 Å². The molecule has 0 bridgehead atoms. The molecule has 0 aliphatic heterocycles. The Morgan fingerprint density at radius 3 is 1.13 bits per heavy atom. The molecule has 0 saturated heterocycles. The van der Waals surface area contributed by atoms with Crippen molar-refractivity contribution in [2.75, 3.05) is 0 Å². The van der Waals surface area contributed by atoms with Gasteiger partial charge < -0.3 is 0 Å². The number of rotatable bonds is 1. The van der Waals surface area contributed by atoms with Crippen LogP contribution in [-0.2, 0) is 21.9 Å². The average Bonchev–Trinajstić information content (AvgIpc) is 3.69. The second-order valence-corrected chi connectivity index (χ2v) is 9.41. The Hall–Kier alpha value is -3.12. The smallest absolute Gasteiger partial charge is 0.287 e. The molecule has 0 aromatic heterocycles. The van der Waals surface area contributed by atoms with Gasteiger partial charge in [0, 0.05) is 39.6 Å². The summed E-state index contributed by atoms with van der Waals surface area (Å²) in [6.07, 6.45) is 18.0. The molecule has 39 heavy (non-hydrogen) atoms. The molecule has 3 heteroatoms. The zero-order chi connectivity index (χ0) is 26.4. The molecule has 2 fully saturated rings. The van der Waals surface area contributed by atoms with Gasteiger partial charge in [-0.05, 0) is 131 Å². The van der Waals surface area contributed by atoms with Crippen molar-refractivity contribution in [2.45, 2.75) is 11.8 Å². The number of carbonyl (C=O) groups excluding carboxylic acids is 1. The summed E-state index contributed by atoms with van der Waals surface area (Å²) < 4.78 is 0. The van der Waals surface area contributed by atoms with Crippen molar-refractivity contribution in [1.29, 1.82) is 0 Å². The fourth-order valence-corrected chi connectivity index (χ4v) is 3.86. The van der Waals surface area contributed by atoms with Crippen molar-refractivity contribution in [3.05, 3.63) is 164 Å². The van der Waals surface area contributed by atoms with Gasteiger partial charge in [0.1, 0.15) is 0 Å². The Morgan fingerprint density at radius 2 is 0.795 bits per heavy atom. The third-order valence-electron chi connectivity index (χ3n) is 5.16. The van der Waals surface area contributed by atoms with Gasteiger partial charge in [-0.2, -0.15) is 0 Å². The first kappa shape index (κ1) is 30.4. The van der Waals surface area contributed by atoms with Crippen LogP contribution in [0, 0.1) is 99.2 Å². The van der Waals surface area contributed by atoms with E-state index in [2.05, 4.69) is 35.5 Å². The fourth-order valence-electron chi connectivity index (χ4n) is 3.26. The van der Waals surface area contributed by atoms with E-state index in [0.717, 1.165) is 38.6 Å². The van der Waals surface area contributed by atoms with Gasteiger partial charge in [-0.25, -0.2) is 0 Å². The van der Waals surface area contributed by atoms with Crippen LogP contribution < -0.4 is 0 Å². The number of benzene rings is 3. The topological polar surface area (TPSA) is 17.1 Å². The van der Waals surface area contributed by atoms with E-state index < -0.39 is 0 Å². The third kappa shape index (κ3) is 11.3. The number of hydrogen-bond donors (Lipinski definition) is 0. The standard InChI is InChI=1S/C31H19OS.C5H5.Fe/c1-24(32)33-31-22-20-30(21-23-31)19-18-29-16-14-28(15-17-29)13-12-27-10-8-26(9-11-27)7-6-25-4-2-3-5-25;1-2-4-5-3-1;/h2-5,8-11,14-17,20-23H,1H3;1-5H;/q;;+2. The van der Waals surface area contributed by atoms with Crippen molar-refractivity contribution in [3.8, 4) is 35.5 Å². The van der Waals surface area contributed by atoms with Crippen LogP contribution in [-0.4, -0.2) is 5.12 Å². The quantitative estimate of drug-likeness (QED) is 0.183. The van der Waals surface area contributed by atoms with E-state index in [-0.39, 0.29) is 22.2 Å². The third-order valence-corrected chi connectivity index (χ3v) is 5.95. The summed E-state index contributed by atoms with van der Waals surface area (Å²) in [7, 11) is 0. The minimum absolute atomic E-state index is 0. The first-order valence-electron chi connectivity index (χ1n) is 12.1. The molecular weight excluding hydrogens is 536 g/mol. The molecule has 2 aliphatic rings. The summed E-state index contributed by atoms with van der Waals surface area (Å²) in [6.45, 7) is 1.56. The maximum atomic E-state index is 11.2. The second kappa shape index (κ2) is 16.8. The fraction of sp³-hybridized carbons (Fsp3) is 0.0278. The van der Waals surface area contributed by atoms with Crippen LogP contribution in [0.4, 0.5) is 0 Å². The van der Waals surface area contributed by atoms with Crippen LogP contribution in [0.5, 0.6) is 0 Å². The molecule has 0 heterocycles. The van der Waals surface area contributed by atoms with Crippen molar-refractivity contribution in [2.24, 2.45) is 0 Å². The molecule has 0 atom stereocenters. The molecule has 0 unspecified atom stereocenters. The van der Waals surface area contributed by atoms with E-state index in [1.54, 1.807) is 6.92 Å². The van der Waals surface area contributed by atoms with Crippen molar-refractivity contribution < 1.29 is 21.9 Å². The van der Waals surface area contributed by atoms with Crippen LogP contribution in [0.1, 0.15) is 34.7 Å². The molecular formula is C36H24FeOS+2. The van der Waals surface area contributed by atoms with E-state index >= 15 is 0 Å². The van der Waals surface area contributed by atoms with Crippen LogP contribution in [0.25, 0.3) is 0 Å². The maximum absolute atomic E-state index is 11.2. The molecule has 10 radical (unpaired) electrons. The molecule has 5 rings (SSSR count). The molecule has 0 amide bonds. The average molecular weight is 560 g/mol. The van der Waals surface area contributed by atoms with E-state index in [1.165, 1.54) is 11.8 Å². The van der Waals surface area contributed by atoms with E-state index in [4.69, 9.17) is 0 Å². The summed E-state index contributed by atoms with van der Waals surface area (Å²) >= 11 is 1.22. The van der Waals surface area contributed by atoms with Crippen molar-refractivity contribution >= 4 is 16.9 Å². The molecule has 186 valence electrons. The van der Waals surface area contributed by atoms with E-state index in [0.29, 0.717) is 0 Å². The first-order valence-corrected chi connectivity index (χ1v) is 12.9. The van der Waals surface area contributed by atoms with Crippen LogP contribution in [0.2, 0.25) is 0 Å². The van der Waals surface area contributed by atoms with Crippen LogP contribution in [0.3, 0.4) is 0 Å². The summed E-state index contributed by atoms with van der Waals surface area (Å²) in [4.78, 5) is 12.1. The van der Waals surface area contributed by atoms with Gasteiger partial charge >= 0.3 is 17.1 Å². The van der Waals surface area contributed by atoms with Gasteiger partial charge in [0.25, 0.3) is 0 Å². The zero-order valence-corrected chi connectivity index (χ0v) is 23.2. The molecule has 0 spiro atoms. The monoisotopic (exact) mass is 560 g/mol. The second-order valence-electron chi connectivity index (χ2n) is 8.16. The van der Waals surface area contributed by atoms with Gasteiger partial charge in [0.2, 0.25) is 0 Å². The SMILES string of the molecule is CC(=O)Sc1ccc(C#Cc2ccc(C#Cc3ccc(C#C[C]4[CH][CH][CH][CH]4)cc3)cc2)cc1.[CH]1[CH][CH][CH][CH]1.[Fe+2]. The molecule has 1 nitrogen and oxygen atoms in total. The van der Waals surface area contributed by atoms with Gasteiger partial charge in [0.15, 0.2) is 5.12 Å². The Labute approximate surface area is 249 Å². The molecule has 3 aromatic carbocycles. The summed E-state index contributed by atoms with van der Waals surface area (Å²) in [6, 6.07) is 23.5. The first-order chi connectivity index (χ1) is 18.6. The normalized spacial score (nSPS) is 13.7. The molecule has 2 aliphatic carbocycles. The van der Waals surface area contributed by atoms with Crippen LogP contribution >= 0.6 is 11.8 Å². The minimum atomic E-state index is 0. The summed E-state index contributed by atoms with van der Waals surface area (Å²) in [5, 5.41) is 0.0767. The van der Waals surface area contributed by atoms with Gasteiger partial charge in [-0.15, -0.1) is 0 Å². The van der Waals surface area contributed by atoms with Crippen molar-refractivity contribution in [3.63, 3.8) is 0 Å². The molecule has 0 N–H and O–H groups in total. The maximum Gasteiger partial charge on any atom is 2.00 e. The Morgan fingerprint density at radius 1 is 0.487 bits per heavy atom. The number of thioether (sulfide) groups is 1. The van der Waals surface area contributed by atoms with Crippen molar-refractivity contribution in [1.82, 2.24) is 0 Å². The predicted octanol–water partition coefficient (Wildman–Crippen LogP) is 6.90. The van der Waals surface area contributed by atoms with Gasteiger partial charge in [-0.3, -0.25) is 4.79 Å². The van der Waals surface area contributed by atoms with E-state index in [1.807, 2.05) is 131 Å². The number of carbonyl (C=O) groups is 1. The summed E-state index contributed by atoms with van der Waals surface area (Å²) in [5.41, 5.74) is 4.69. The van der Waals surface area contributed by atoms with Gasteiger partial charge in [-0.1, -0.05) is 47.3 Å².